The van der Waals surface area contributed by atoms with E-state index in [0.29, 0.717) is 10.6 Å². The van der Waals surface area contributed by atoms with Crippen LogP contribution >= 0.6 is 11.6 Å². The minimum absolute atomic E-state index is 0.00604. The summed E-state index contributed by atoms with van der Waals surface area (Å²) < 4.78 is 50.3. The smallest absolute Gasteiger partial charge is 0.465 e. The number of carbonyl (C=O) groups is 2. The molecule has 42 heavy (non-hydrogen) atoms. The summed E-state index contributed by atoms with van der Waals surface area (Å²) in [6.07, 6.45) is -6.22. The quantitative estimate of drug-likeness (QED) is 0.332. The molecule has 14 heteroatoms. The van der Waals surface area contributed by atoms with E-state index in [9.17, 15) is 33.0 Å². The average Bonchev–Trinajstić information content (AvgIpc) is 3.31. The molecule has 10 nitrogen and oxygen atoms in total. The first-order valence-electron chi connectivity index (χ1n) is 13.0. The topological polar surface area (TPSA) is 117 Å². The number of halogens is 4. The van der Waals surface area contributed by atoms with E-state index in [0.717, 1.165) is 17.0 Å². The van der Waals surface area contributed by atoms with Crippen molar-refractivity contribution < 1.29 is 42.4 Å². The molecule has 2 unspecified atom stereocenters. The second kappa shape index (κ2) is 12.2. The van der Waals surface area contributed by atoms with Gasteiger partial charge in [0.2, 0.25) is 6.35 Å². The maximum absolute atomic E-state index is 13.8. The Morgan fingerprint density at radius 3 is 2.48 bits per heavy atom. The molecule has 2 N–H and O–H groups in total. The fourth-order valence-electron chi connectivity index (χ4n) is 4.84. The molecular weight excluding hydrogens is 581 g/mol. The van der Waals surface area contributed by atoms with Crippen molar-refractivity contribution >= 4 is 29.3 Å². The van der Waals surface area contributed by atoms with E-state index in [4.69, 9.17) is 16.3 Å². The zero-order chi connectivity index (χ0) is 30.8. The molecule has 2 aromatic carbocycles. The van der Waals surface area contributed by atoms with Crippen LogP contribution < -0.4 is 9.64 Å². The molecule has 0 saturated carbocycles. The lowest BCUT2D eigenvalue weighted by molar-refractivity contribution is -0.274. The highest BCUT2D eigenvalue weighted by atomic mass is 35.5. The van der Waals surface area contributed by atoms with E-state index in [1.165, 1.54) is 35.6 Å². The Morgan fingerprint density at radius 1 is 1.17 bits per heavy atom. The molecule has 1 amide bonds. The molecule has 0 fully saturated rings. The predicted octanol–water partition coefficient (Wildman–Crippen LogP) is 3.90. The Morgan fingerprint density at radius 2 is 1.86 bits per heavy atom. The summed E-state index contributed by atoms with van der Waals surface area (Å²) in [6.45, 7) is 2.78. The highest BCUT2D eigenvalue weighted by molar-refractivity contribution is 6.30. The number of amides is 1. The predicted molar refractivity (Wildman–Crippen MR) is 146 cm³/mol. The number of alkyl halides is 3. The number of hydrogen-bond donors (Lipinski definition) is 2. The zero-order valence-electron chi connectivity index (χ0n) is 23.1. The fraction of sp³-hybridized carbons (Fsp3) is 0.393. The van der Waals surface area contributed by atoms with Crippen LogP contribution in [0.15, 0.2) is 48.5 Å². The third-order valence-electron chi connectivity index (χ3n) is 6.96. The number of aliphatic hydroxyl groups excluding tert-OH is 2. The highest BCUT2D eigenvalue weighted by Crippen LogP contribution is 2.40. The van der Waals surface area contributed by atoms with E-state index >= 15 is 0 Å². The van der Waals surface area contributed by atoms with Crippen molar-refractivity contribution in [1.29, 1.82) is 0 Å². The molecule has 1 aromatic heterocycles. The van der Waals surface area contributed by atoms with Gasteiger partial charge in [-0.3, -0.25) is 14.5 Å². The van der Waals surface area contributed by atoms with Crippen molar-refractivity contribution in [3.63, 3.8) is 0 Å². The molecule has 0 aliphatic carbocycles. The lowest BCUT2D eigenvalue weighted by atomic mass is 9.81. The number of aliphatic hydroxyl groups is 2. The van der Waals surface area contributed by atoms with E-state index in [2.05, 4.69) is 9.72 Å². The summed E-state index contributed by atoms with van der Waals surface area (Å²) >= 11 is 6.07. The van der Waals surface area contributed by atoms with Gasteiger partial charge in [0.25, 0.3) is 5.91 Å². The van der Waals surface area contributed by atoms with Crippen LogP contribution in [-0.4, -0.2) is 76.1 Å². The maximum Gasteiger partial charge on any atom is 0.573 e. The highest BCUT2D eigenvalue weighted by Gasteiger charge is 2.48. The van der Waals surface area contributed by atoms with Crippen molar-refractivity contribution in [2.24, 2.45) is 0 Å². The summed E-state index contributed by atoms with van der Waals surface area (Å²) in [5, 5.41) is 20.8. The second-order valence-electron chi connectivity index (χ2n) is 9.77. The molecule has 4 rings (SSSR count). The molecule has 1 aliphatic rings. The Kier molecular flexibility index (Phi) is 9.04. The van der Waals surface area contributed by atoms with Gasteiger partial charge in [0.1, 0.15) is 17.0 Å². The van der Waals surface area contributed by atoms with Gasteiger partial charge in [0.05, 0.1) is 6.61 Å². The van der Waals surface area contributed by atoms with Crippen LogP contribution in [0.25, 0.3) is 0 Å². The van der Waals surface area contributed by atoms with Gasteiger partial charge in [0.15, 0.2) is 11.5 Å². The summed E-state index contributed by atoms with van der Waals surface area (Å²) in [4.78, 5) is 34.7. The van der Waals surface area contributed by atoms with Crippen molar-refractivity contribution in [3.05, 3.63) is 76.2 Å². The van der Waals surface area contributed by atoms with Crippen LogP contribution in [0.2, 0.25) is 5.02 Å². The van der Waals surface area contributed by atoms with Gasteiger partial charge in [-0.05, 0) is 55.7 Å². The largest absolute Gasteiger partial charge is 0.573 e. The first-order chi connectivity index (χ1) is 19.8. The van der Waals surface area contributed by atoms with Crippen LogP contribution in [0.3, 0.4) is 0 Å². The van der Waals surface area contributed by atoms with Crippen molar-refractivity contribution in [3.8, 4) is 5.75 Å². The van der Waals surface area contributed by atoms with Crippen LogP contribution in [0.4, 0.5) is 19.0 Å². The minimum Gasteiger partial charge on any atom is -0.465 e. The number of ether oxygens (including phenoxy) is 2. The van der Waals surface area contributed by atoms with Gasteiger partial charge in [-0.1, -0.05) is 35.9 Å². The van der Waals surface area contributed by atoms with E-state index < -0.39 is 35.8 Å². The van der Waals surface area contributed by atoms with Gasteiger partial charge in [-0.25, -0.2) is 4.98 Å². The lowest BCUT2D eigenvalue weighted by Crippen LogP contribution is -2.54. The van der Waals surface area contributed by atoms with E-state index in [1.807, 2.05) is 0 Å². The number of benzene rings is 2. The van der Waals surface area contributed by atoms with Crippen LogP contribution in [-0.2, 0) is 21.5 Å². The number of esters is 1. The second-order valence-corrected chi connectivity index (χ2v) is 10.2. The van der Waals surface area contributed by atoms with Crippen molar-refractivity contribution in [2.75, 3.05) is 31.7 Å². The summed E-state index contributed by atoms with van der Waals surface area (Å²) in [5.74, 6) is -1.97. The number of aromatic nitrogens is 2. The van der Waals surface area contributed by atoms with Crippen molar-refractivity contribution in [2.45, 2.75) is 44.9 Å². The number of carbonyl (C=O) groups excluding carboxylic acids is 2. The molecule has 2 heterocycles. The third-order valence-corrected chi connectivity index (χ3v) is 7.21. The Bertz CT molecular complexity index is 1450. The molecule has 1 aliphatic heterocycles. The van der Waals surface area contributed by atoms with Gasteiger partial charge >= 0.3 is 12.3 Å². The van der Waals surface area contributed by atoms with Crippen LogP contribution in [0, 0.1) is 0 Å². The zero-order valence-corrected chi connectivity index (χ0v) is 23.8. The van der Waals surface area contributed by atoms with Crippen molar-refractivity contribution in [1.82, 2.24) is 14.5 Å². The average molecular weight is 611 g/mol. The van der Waals surface area contributed by atoms with E-state index in [-0.39, 0.29) is 55.6 Å². The molecule has 3 aromatic rings. The van der Waals surface area contributed by atoms with Gasteiger partial charge in [0, 0.05) is 31.8 Å². The summed E-state index contributed by atoms with van der Waals surface area (Å²) in [7, 11) is 1.50. The number of hydrogen-bond acceptors (Lipinski definition) is 8. The monoisotopic (exact) mass is 610 g/mol. The lowest BCUT2D eigenvalue weighted by Gasteiger charge is -2.38. The first-order valence-corrected chi connectivity index (χ1v) is 13.4. The Labute approximate surface area is 244 Å². The molecule has 226 valence electrons. The number of anilines is 1. The Balaban J connectivity index is 1.99. The number of rotatable bonds is 10. The summed E-state index contributed by atoms with van der Waals surface area (Å²) in [6, 6.07) is 11.6. The molecule has 0 bridgehead atoms. The first kappa shape index (κ1) is 31.1. The van der Waals surface area contributed by atoms with Gasteiger partial charge in [-0.15, -0.1) is 13.2 Å². The third kappa shape index (κ3) is 6.03. The molecule has 2 atom stereocenters. The minimum atomic E-state index is -4.98. The molecule has 0 radical (unpaired) electrons. The standard InChI is InChI=1S/C28H30ClF3N4O6/c1-4-41-25(39)27(2,18-7-5-8-20(15-18)42-28(30,31)32)24-33-22-21(36(24)16-17-9-11-19(29)12-10-17)23(38)35(13-6-14-37)26(40)34(22)3/h5,7-12,15,26,37,40H,4,6,13-14,16H2,1-3H3. The number of imidazole rings is 1. The maximum atomic E-state index is 13.8. The van der Waals surface area contributed by atoms with Gasteiger partial charge < -0.3 is 29.2 Å². The molecule has 0 spiro atoms. The normalized spacial score (nSPS) is 16.7. The Hall–Kier alpha value is -3.81. The van der Waals surface area contributed by atoms with E-state index in [1.54, 1.807) is 31.2 Å². The number of nitrogens with zero attached hydrogens (tertiary/aromatic N) is 4. The summed E-state index contributed by atoms with van der Waals surface area (Å²) in [5.41, 5.74) is -1.07. The van der Waals surface area contributed by atoms with Crippen LogP contribution in [0.1, 0.15) is 47.7 Å². The van der Waals surface area contributed by atoms with Gasteiger partial charge in [-0.2, -0.15) is 0 Å². The van der Waals surface area contributed by atoms with Crippen LogP contribution in [0.5, 0.6) is 5.75 Å². The molecular formula is C28H30ClF3N4O6. The molecule has 0 saturated heterocycles. The SMILES string of the molecule is CCOC(=O)C(C)(c1cccc(OC(F)(F)F)c1)c1nc2c(n1Cc1ccc(Cl)cc1)C(=O)N(CCCO)C(O)N2C. The number of fused-ring (bicyclic) bond motifs is 1. The fourth-order valence-corrected chi connectivity index (χ4v) is 4.97.